The van der Waals surface area contributed by atoms with Crippen molar-refractivity contribution in [2.24, 2.45) is 0 Å². The Morgan fingerprint density at radius 2 is 2.15 bits per heavy atom. The Balaban J connectivity index is 2.05. The van der Waals surface area contributed by atoms with Crippen molar-refractivity contribution in [3.8, 4) is 0 Å². The summed E-state index contributed by atoms with van der Waals surface area (Å²) in [6, 6.07) is 6.30. The Labute approximate surface area is 137 Å². The van der Waals surface area contributed by atoms with Gasteiger partial charge in [-0.3, -0.25) is 0 Å². The van der Waals surface area contributed by atoms with Crippen LogP contribution in [0.25, 0.3) is 11.0 Å². The lowest BCUT2D eigenvalue weighted by Gasteiger charge is -2.28. The summed E-state index contributed by atoms with van der Waals surface area (Å²) in [6.07, 6.45) is 7.52. The van der Waals surface area contributed by atoms with Gasteiger partial charge in [-0.2, -0.15) is 11.8 Å². The van der Waals surface area contributed by atoms with Gasteiger partial charge < -0.3 is 4.57 Å². The van der Waals surface area contributed by atoms with Crippen molar-refractivity contribution >= 4 is 50.3 Å². The van der Waals surface area contributed by atoms with Crippen LogP contribution < -0.4 is 0 Å². The number of benzene rings is 1. The van der Waals surface area contributed by atoms with Gasteiger partial charge in [0, 0.05) is 15.8 Å². The molecule has 1 saturated carbocycles. The average Bonchev–Trinajstić information content (AvgIpc) is 3.04. The molecule has 108 valence electrons. The molecule has 1 heterocycles. The van der Waals surface area contributed by atoms with E-state index in [1.807, 2.05) is 11.8 Å². The number of alkyl halides is 1. The van der Waals surface area contributed by atoms with Crippen molar-refractivity contribution in [1.29, 1.82) is 0 Å². The van der Waals surface area contributed by atoms with Crippen LogP contribution >= 0.6 is 39.3 Å². The number of hydrogen-bond acceptors (Lipinski definition) is 2. The van der Waals surface area contributed by atoms with Crippen LogP contribution in [-0.2, 0) is 12.4 Å². The molecule has 1 fully saturated rings. The molecule has 5 heteroatoms. The first-order chi connectivity index (χ1) is 9.67. The van der Waals surface area contributed by atoms with Gasteiger partial charge in [-0.05, 0) is 37.3 Å². The van der Waals surface area contributed by atoms with Crippen LogP contribution in [0, 0.1) is 0 Å². The van der Waals surface area contributed by atoms with Crippen LogP contribution in [0.3, 0.4) is 0 Å². The number of rotatable bonds is 4. The van der Waals surface area contributed by atoms with Gasteiger partial charge in [-0.15, -0.1) is 11.6 Å². The molecule has 0 unspecified atom stereocenters. The highest BCUT2D eigenvalue weighted by atomic mass is 79.9. The molecule has 0 N–H and O–H groups in total. The second-order valence-electron chi connectivity index (χ2n) is 5.48. The molecule has 20 heavy (non-hydrogen) atoms. The summed E-state index contributed by atoms with van der Waals surface area (Å²) < 4.78 is 3.76. The fourth-order valence-electron chi connectivity index (χ4n) is 3.17. The lowest BCUT2D eigenvalue weighted by atomic mass is 10.1. The topological polar surface area (TPSA) is 17.8 Å². The van der Waals surface area contributed by atoms with E-state index >= 15 is 0 Å². The maximum absolute atomic E-state index is 6.12. The molecule has 1 aliphatic carbocycles. The summed E-state index contributed by atoms with van der Waals surface area (Å²) >= 11 is 11.6. The highest BCUT2D eigenvalue weighted by Gasteiger charge is 2.34. The Morgan fingerprint density at radius 3 is 2.80 bits per heavy atom. The van der Waals surface area contributed by atoms with E-state index in [-0.39, 0.29) is 0 Å². The highest BCUT2D eigenvalue weighted by Crippen LogP contribution is 2.42. The van der Waals surface area contributed by atoms with E-state index in [9.17, 15) is 0 Å². The summed E-state index contributed by atoms with van der Waals surface area (Å²) in [5.74, 6) is 1.46. The highest BCUT2D eigenvalue weighted by molar-refractivity contribution is 9.10. The van der Waals surface area contributed by atoms with Crippen LogP contribution in [0.1, 0.15) is 31.5 Å². The Hall–Kier alpha value is -0.190. The van der Waals surface area contributed by atoms with Crippen molar-refractivity contribution in [2.45, 2.75) is 42.9 Å². The smallest absolute Gasteiger partial charge is 0.124 e. The van der Waals surface area contributed by atoms with Gasteiger partial charge in [-0.1, -0.05) is 28.8 Å². The number of halogens is 2. The van der Waals surface area contributed by atoms with Gasteiger partial charge in [-0.25, -0.2) is 4.98 Å². The molecule has 0 amide bonds. The molecule has 1 aliphatic rings. The second kappa shape index (κ2) is 5.90. The summed E-state index contributed by atoms with van der Waals surface area (Å²) in [6.45, 7) is 1.02. The van der Waals surface area contributed by atoms with Crippen LogP contribution in [-0.4, -0.2) is 20.6 Å². The zero-order chi connectivity index (χ0) is 14.2. The van der Waals surface area contributed by atoms with E-state index in [0.717, 1.165) is 22.4 Å². The maximum Gasteiger partial charge on any atom is 0.124 e. The first-order valence-electron chi connectivity index (χ1n) is 6.93. The summed E-state index contributed by atoms with van der Waals surface area (Å²) in [5.41, 5.74) is 2.23. The van der Waals surface area contributed by atoms with Crippen LogP contribution in [0.2, 0.25) is 0 Å². The number of hydrogen-bond donors (Lipinski definition) is 0. The third kappa shape index (κ3) is 2.62. The fourth-order valence-corrected chi connectivity index (χ4v) is 4.67. The largest absolute Gasteiger partial charge is 0.326 e. The van der Waals surface area contributed by atoms with Crippen molar-refractivity contribution in [2.75, 3.05) is 6.26 Å². The Morgan fingerprint density at radius 1 is 1.40 bits per heavy atom. The van der Waals surface area contributed by atoms with Gasteiger partial charge in [0.15, 0.2) is 0 Å². The van der Waals surface area contributed by atoms with Gasteiger partial charge in [0.25, 0.3) is 0 Å². The van der Waals surface area contributed by atoms with Crippen LogP contribution in [0.5, 0.6) is 0 Å². The standard InChI is InChI=1S/C15H18BrClN2S/c1-20-15(6-2-3-7-15)10-19-13-5-4-11(16)8-12(13)18-14(19)9-17/h4-5,8H,2-3,6-7,9-10H2,1H3. The zero-order valence-corrected chi connectivity index (χ0v) is 14.7. The summed E-state index contributed by atoms with van der Waals surface area (Å²) in [7, 11) is 0. The van der Waals surface area contributed by atoms with Crippen LogP contribution in [0.15, 0.2) is 22.7 Å². The minimum absolute atomic E-state index is 0.363. The van der Waals surface area contributed by atoms with Gasteiger partial charge >= 0.3 is 0 Å². The fraction of sp³-hybridized carbons (Fsp3) is 0.533. The molecule has 0 spiro atoms. The molecule has 2 nitrogen and oxygen atoms in total. The molecular weight excluding hydrogens is 356 g/mol. The van der Waals surface area contributed by atoms with E-state index in [0.29, 0.717) is 10.6 Å². The van der Waals surface area contributed by atoms with Crippen molar-refractivity contribution < 1.29 is 0 Å². The van der Waals surface area contributed by atoms with E-state index < -0.39 is 0 Å². The van der Waals surface area contributed by atoms with E-state index in [2.05, 4.69) is 45.0 Å². The molecule has 0 radical (unpaired) electrons. The van der Waals surface area contributed by atoms with Crippen molar-refractivity contribution in [3.05, 3.63) is 28.5 Å². The minimum Gasteiger partial charge on any atom is -0.326 e. The van der Waals surface area contributed by atoms with Gasteiger partial charge in [0.05, 0.1) is 16.9 Å². The quantitative estimate of drug-likeness (QED) is 0.684. The van der Waals surface area contributed by atoms with E-state index in [1.54, 1.807) is 0 Å². The molecule has 2 aromatic rings. The molecule has 0 aliphatic heterocycles. The second-order valence-corrected chi connectivity index (χ2v) is 7.93. The summed E-state index contributed by atoms with van der Waals surface area (Å²) in [5, 5.41) is 0. The maximum atomic E-state index is 6.12. The van der Waals surface area contributed by atoms with Crippen molar-refractivity contribution in [1.82, 2.24) is 9.55 Å². The number of fused-ring (bicyclic) bond motifs is 1. The number of thioether (sulfide) groups is 1. The third-order valence-corrected chi connectivity index (χ3v) is 6.44. The molecule has 0 atom stereocenters. The molecule has 3 rings (SSSR count). The zero-order valence-electron chi connectivity index (χ0n) is 11.5. The molecular formula is C15H18BrClN2S. The number of nitrogens with zero attached hydrogens (tertiary/aromatic N) is 2. The Bertz CT molecular complexity index is 620. The van der Waals surface area contributed by atoms with Gasteiger partial charge in [0.1, 0.15) is 5.82 Å². The van der Waals surface area contributed by atoms with Crippen molar-refractivity contribution in [3.63, 3.8) is 0 Å². The molecule has 1 aromatic carbocycles. The first kappa shape index (κ1) is 14.7. The Kier molecular flexibility index (Phi) is 4.34. The molecule has 0 saturated heterocycles. The predicted molar refractivity (Wildman–Crippen MR) is 91.7 cm³/mol. The number of aromatic nitrogens is 2. The lowest BCUT2D eigenvalue weighted by Crippen LogP contribution is -2.27. The van der Waals surface area contributed by atoms with Gasteiger partial charge in [0.2, 0.25) is 0 Å². The normalized spacial score (nSPS) is 17.9. The van der Waals surface area contributed by atoms with E-state index in [1.165, 1.54) is 31.2 Å². The van der Waals surface area contributed by atoms with Crippen LogP contribution in [0.4, 0.5) is 0 Å². The minimum atomic E-state index is 0.363. The molecule has 1 aromatic heterocycles. The van der Waals surface area contributed by atoms with E-state index in [4.69, 9.17) is 16.6 Å². The predicted octanol–water partition coefficient (Wildman–Crippen LogP) is 5.21. The average molecular weight is 374 g/mol. The number of imidazole rings is 1. The molecule has 0 bridgehead atoms. The summed E-state index contributed by atoms with van der Waals surface area (Å²) in [4.78, 5) is 4.69. The lowest BCUT2D eigenvalue weighted by molar-refractivity contribution is 0.505. The first-order valence-corrected chi connectivity index (χ1v) is 9.48. The third-order valence-electron chi connectivity index (χ3n) is 4.30. The SMILES string of the molecule is CSC1(Cn2c(CCl)nc3cc(Br)ccc32)CCCC1. The monoisotopic (exact) mass is 372 g/mol.